The van der Waals surface area contributed by atoms with Gasteiger partial charge in [-0.2, -0.15) is 0 Å². The highest BCUT2D eigenvalue weighted by atomic mass is 19.1. The van der Waals surface area contributed by atoms with Gasteiger partial charge in [-0.3, -0.25) is 9.59 Å². The summed E-state index contributed by atoms with van der Waals surface area (Å²) < 4.78 is 13.2. The highest BCUT2D eigenvalue weighted by Gasteiger charge is 2.12. The maximum atomic E-state index is 13.2. The Morgan fingerprint density at radius 3 is 2.50 bits per heavy atom. The second kappa shape index (κ2) is 4.13. The molecule has 14 heavy (non-hydrogen) atoms. The number of carbonyl (C=O) groups is 2. The Morgan fingerprint density at radius 1 is 1.36 bits per heavy atom. The predicted octanol–water partition coefficient (Wildman–Crippen LogP) is 2.30. The molecule has 0 aromatic heterocycles. The van der Waals surface area contributed by atoms with E-state index in [0.717, 1.165) is 5.56 Å². The van der Waals surface area contributed by atoms with E-state index in [1.807, 2.05) is 0 Å². The molecule has 74 valence electrons. The fourth-order valence-corrected chi connectivity index (χ4v) is 1.17. The van der Waals surface area contributed by atoms with Crippen LogP contribution in [-0.2, 0) is 4.79 Å². The zero-order chi connectivity index (χ0) is 10.7. The number of rotatable bonds is 3. The molecular weight excluding hydrogens is 183 g/mol. The summed E-state index contributed by atoms with van der Waals surface area (Å²) in [7, 11) is 0. The lowest BCUT2D eigenvalue weighted by molar-refractivity contribution is -0.116. The monoisotopic (exact) mass is 194 g/mol. The molecule has 0 saturated carbocycles. The molecule has 2 nitrogen and oxygen atoms in total. The summed E-state index contributed by atoms with van der Waals surface area (Å²) in [6.45, 7) is 3.05. The maximum Gasteiger partial charge on any atom is 0.173 e. The van der Waals surface area contributed by atoms with Crippen LogP contribution in [0.3, 0.4) is 0 Å². The van der Waals surface area contributed by atoms with Gasteiger partial charge in [0.25, 0.3) is 0 Å². The normalized spacial score (nSPS) is 9.93. The largest absolute Gasteiger partial charge is 0.300 e. The molecular formula is C11H11FO2. The van der Waals surface area contributed by atoms with E-state index < -0.39 is 11.6 Å². The minimum absolute atomic E-state index is 0.00852. The number of carbonyl (C=O) groups excluding carboxylic acids is 2. The van der Waals surface area contributed by atoms with Gasteiger partial charge in [-0.25, -0.2) is 4.39 Å². The van der Waals surface area contributed by atoms with Crippen LogP contribution in [0.15, 0.2) is 18.2 Å². The third-order valence-corrected chi connectivity index (χ3v) is 1.83. The Bertz CT molecular complexity index is 383. The molecule has 0 radical (unpaired) electrons. The summed E-state index contributed by atoms with van der Waals surface area (Å²) in [6, 6.07) is 4.35. The second-order valence-corrected chi connectivity index (χ2v) is 3.29. The summed E-state index contributed by atoms with van der Waals surface area (Å²) in [5.74, 6) is -1.28. The topological polar surface area (TPSA) is 34.1 Å². The smallest absolute Gasteiger partial charge is 0.173 e. The number of aryl methyl sites for hydroxylation is 1. The van der Waals surface area contributed by atoms with Crippen molar-refractivity contribution in [3.8, 4) is 0 Å². The van der Waals surface area contributed by atoms with Gasteiger partial charge in [-0.05, 0) is 31.5 Å². The molecule has 0 aliphatic heterocycles. The van der Waals surface area contributed by atoms with Crippen molar-refractivity contribution >= 4 is 11.6 Å². The molecule has 1 aromatic rings. The quantitative estimate of drug-likeness (QED) is 0.546. The first-order chi connectivity index (χ1) is 6.50. The van der Waals surface area contributed by atoms with Crippen LogP contribution >= 0.6 is 0 Å². The van der Waals surface area contributed by atoms with Gasteiger partial charge < -0.3 is 0 Å². The minimum atomic E-state index is -0.559. The van der Waals surface area contributed by atoms with Crippen LogP contribution in [0, 0.1) is 12.7 Å². The van der Waals surface area contributed by atoms with Crippen LogP contribution < -0.4 is 0 Å². The van der Waals surface area contributed by atoms with Gasteiger partial charge in [0.2, 0.25) is 0 Å². The van der Waals surface area contributed by atoms with Crippen LogP contribution in [-0.4, -0.2) is 11.6 Å². The summed E-state index contributed by atoms with van der Waals surface area (Å²) in [5.41, 5.74) is 0.743. The molecule has 0 bridgehead atoms. The fourth-order valence-electron chi connectivity index (χ4n) is 1.17. The summed E-state index contributed by atoms with van der Waals surface area (Å²) in [5, 5.41) is 0. The van der Waals surface area contributed by atoms with E-state index in [9.17, 15) is 14.0 Å². The molecule has 0 spiro atoms. The van der Waals surface area contributed by atoms with Crippen molar-refractivity contribution in [2.75, 3.05) is 0 Å². The number of halogens is 1. The summed E-state index contributed by atoms with van der Waals surface area (Å²) >= 11 is 0. The van der Waals surface area contributed by atoms with E-state index in [4.69, 9.17) is 0 Å². The lowest BCUT2D eigenvalue weighted by atomic mass is 10.0. The van der Waals surface area contributed by atoms with Gasteiger partial charge in [0, 0.05) is 0 Å². The minimum Gasteiger partial charge on any atom is -0.300 e. The van der Waals surface area contributed by atoms with Gasteiger partial charge in [0.1, 0.15) is 11.6 Å². The third kappa shape index (κ3) is 2.49. The Morgan fingerprint density at radius 2 is 2.00 bits per heavy atom. The van der Waals surface area contributed by atoms with Crippen molar-refractivity contribution < 1.29 is 14.0 Å². The number of ketones is 2. The molecule has 0 amide bonds. The first kappa shape index (κ1) is 10.6. The van der Waals surface area contributed by atoms with E-state index in [-0.39, 0.29) is 17.8 Å². The molecule has 0 heterocycles. The van der Waals surface area contributed by atoms with Crippen molar-refractivity contribution in [2.24, 2.45) is 0 Å². The van der Waals surface area contributed by atoms with Gasteiger partial charge in [-0.1, -0.05) is 6.07 Å². The van der Waals surface area contributed by atoms with E-state index >= 15 is 0 Å². The van der Waals surface area contributed by atoms with Crippen molar-refractivity contribution in [3.63, 3.8) is 0 Å². The fraction of sp³-hybridized carbons (Fsp3) is 0.273. The first-order valence-electron chi connectivity index (χ1n) is 4.29. The Hall–Kier alpha value is -1.51. The van der Waals surface area contributed by atoms with Crippen LogP contribution in [0.2, 0.25) is 0 Å². The molecule has 0 aliphatic rings. The lowest BCUT2D eigenvalue weighted by Crippen LogP contribution is -2.07. The SMILES string of the molecule is CC(=O)CC(=O)c1ccc(C)cc1F. The number of hydrogen-bond acceptors (Lipinski definition) is 2. The average molecular weight is 194 g/mol. The molecule has 1 aromatic carbocycles. The Labute approximate surface area is 81.7 Å². The van der Waals surface area contributed by atoms with E-state index in [2.05, 4.69) is 0 Å². The van der Waals surface area contributed by atoms with E-state index in [1.54, 1.807) is 13.0 Å². The molecule has 0 aliphatic carbocycles. The van der Waals surface area contributed by atoms with Gasteiger partial charge >= 0.3 is 0 Å². The number of hydrogen-bond donors (Lipinski definition) is 0. The summed E-state index contributed by atoms with van der Waals surface area (Å²) in [6.07, 6.45) is -0.236. The van der Waals surface area contributed by atoms with Crippen LogP contribution in [0.1, 0.15) is 29.3 Å². The maximum absolute atomic E-state index is 13.2. The third-order valence-electron chi connectivity index (χ3n) is 1.83. The van der Waals surface area contributed by atoms with Gasteiger partial charge in [0.05, 0.1) is 12.0 Å². The average Bonchev–Trinajstić information content (AvgIpc) is 2.01. The lowest BCUT2D eigenvalue weighted by Gasteiger charge is -2.01. The summed E-state index contributed by atoms with van der Waals surface area (Å²) in [4.78, 5) is 22.0. The molecule has 0 fully saturated rings. The standard InChI is InChI=1S/C11H11FO2/c1-7-3-4-9(10(12)5-7)11(14)6-8(2)13/h3-5H,6H2,1-2H3. The van der Waals surface area contributed by atoms with Gasteiger partial charge in [-0.15, -0.1) is 0 Å². The van der Waals surface area contributed by atoms with Crippen molar-refractivity contribution in [1.29, 1.82) is 0 Å². The number of benzene rings is 1. The zero-order valence-electron chi connectivity index (χ0n) is 8.13. The molecule has 0 unspecified atom stereocenters. The highest BCUT2D eigenvalue weighted by Crippen LogP contribution is 2.12. The predicted molar refractivity (Wildman–Crippen MR) is 50.8 cm³/mol. The first-order valence-corrected chi connectivity index (χ1v) is 4.29. The van der Waals surface area contributed by atoms with E-state index in [0.29, 0.717) is 0 Å². The molecule has 0 saturated heterocycles. The Balaban J connectivity index is 2.96. The van der Waals surface area contributed by atoms with Gasteiger partial charge in [0.15, 0.2) is 5.78 Å². The van der Waals surface area contributed by atoms with E-state index in [1.165, 1.54) is 19.1 Å². The molecule has 0 atom stereocenters. The van der Waals surface area contributed by atoms with Crippen molar-refractivity contribution in [1.82, 2.24) is 0 Å². The zero-order valence-corrected chi connectivity index (χ0v) is 8.13. The Kier molecular flexibility index (Phi) is 3.12. The molecule has 1 rings (SSSR count). The van der Waals surface area contributed by atoms with Crippen molar-refractivity contribution in [2.45, 2.75) is 20.3 Å². The van der Waals surface area contributed by atoms with Crippen LogP contribution in [0.5, 0.6) is 0 Å². The highest BCUT2D eigenvalue weighted by molar-refractivity contribution is 6.07. The van der Waals surface area contributed by atoms with Crippen LogP contribution in [0.4, 0.5) is 4.39 Å². The van der Waals surface area contributed by atoms with Crippen molar-refractivity contribution in [3.05, 3.63) is 35.1 Å². The molecule has 0 N–H and O–H groups in total. The van der Waals surface area contributed by atoms with Crippen LogP contribution in [0.25, 0.3) is 0 Å². The second-order valence-electron chi connectivity index (χ2n) is 3.29. The molecule has 3 heteroatoms. The number of Topliss-reactive ketones (excluding diaryl/α,β-unsaturated/α-hetero) is 2.